The molecule has 23 heavy (non-hydrogen) atoms. The van der Waals surface area contributed by atoms with Crippen molar-refractivity contribution in [2.45, 2.75) is 33.3 Å². The number of benzene rings is 2. The number of hydrogen-bond donors (Lipinski definition) is 0. The third-order valence-corrected chi connectivity index (χ3v) is 5.49. The van der Waals surface area contributed by atoms with E-state index in [1.54, 1.807) is 18.2 Å². The Labute approximate surface area is 148 Å². The summed E-state index contributed by atoms with van der Waals surface area (Å²) in [7, 11) is -0.0235. The lowest BCUT2D eigenvalue weighted by atomic mass is 10.2. The van der Waals surface area contributed by atoms with E-state index in [9.17, 15) is 4.79 Å². The molecule has 5 heteroatoms. The van der Waals surface area contributed by atoms with Crippen molar-refractivity contribution >= 4 is 42.6 Å². The highest BCUT2D eigenvalue weighted by Gasteiger charge is 2.16. The molecule has 2 aromatic rings. The minimum atomic E-state index is -0.0562. The molecule has 0 bridgehead atoms. The Balaban J connectivity index is 2.19. The van der Waals surface area contributed by atoms with Crippen LogP contribution in [-0.4, -0.2) is 11.6 Å². The molecule has 2 nitrogen and oxygen atoms in total. The van der Waals surface area contributed by atoms with Crippen LogP contribution in [-0.2, 0) is 0 Å². The van der Waals surface area contributed by atoms with Gasteiger partial charge >= 0.3 is 0 Å². The Morgan fingerprint density at radius 2 is 1.87 bits per heavy atom. The van der Waals surface area contributed by atoms with E-state index < -0.39 is 0 Å². The number of carbonyl (C=O) groups is 1. The Kier molecular flexibility index (Phi) is 6.47. The lowest BCUT2D eigenvalue weighted by molar-refractivity contribution is 0.108. The Hall–Kier alpha value is -1.08. The average molecular weight is 369 g/mol. The largest absolute Gasteiger partial charge is 0.491 e. The zero-order valence-electron chi connectivity index (χ0n) is 13.3. The smallest absolute Gasteiger partial charge is 0.188 e. The van der Waals surface area contributed by atoms with Crippen molar-refractivity contribution in [3.8, 4) is 5.75 Å². The molecule has 0 aromatic heterocycles. The molecule has 0 heterocycles. The topological polar surface area (TPSA) is 26.3 Å². The molecule has 122 valence electrons. The highest BCUT2D eigenvalue weighted by Crippen LogP contribution is 2.31. The SMILES string of the molecule is CCC(C)Oc1ccc(PC(=O)c2c(Cl)cccc2Cl)c(C)c1. The normalized spacial score (nSPS) is 12.6. The zero-order chi connectivity index (χ0) is 17.0. The van der Waals surface area contributed by atoms with E-state index in [0.29, 0.717) is 15.6 Å². The van der Waals surface area contributed by atoms with Crippen molar-refractivity contribution in [2.24, 2.45) is 0 Å². The summed E-state index contributed by atoms with van der Waals surface area (Å²) in [5.41, 5.74) is 1.37. The molecule has 0 saturated carbocycles. The third kappa shape index (κ3) is 4.70. The van der Waals surface area contributed by atoms with Crippen molar-refractivity contribution in [3.05, 3.63) is 57.6 Å². The van der Waals surface area contributed by atoms with Gasteiger partial charge in [0.25, 0.3) is 0 Å². The van der Waals surface area contributed by atoms with E-state index >= 15 is 0 Å². The number of aryl methyl sites for hydroxylation is 1. The van der Waals surface area contributed by atoms with Crippen LogP contribution in [0.4, 0.5) is 0 Å². The highest BCUT2D eigenvalue weighted by molar-refractivity contribution is 7.66. The van der Waals surface area contributed by atoms with Gasteiger partial charge in [-0.25, -0.2) is 0 Å². The van der Waals surface area contributed by atoms with E-state index in [2.05, 4.69) is 6.92 Å². The fraction of sp³-hybridized carbons (Fsp3) is 0.278. The van der Waals surface area contributed by atoms with Crippen LogP contribution in [0.15, 0.2) is 36.4 Å². The van der Waals surface area contributed by atoms with Crippen LogP contribution < -0.4 is 10.0 Å². The summed E-state index contributed by atoms with van der Waals surface area (Å²) in [6, 6.07) is 10.9. The average Bonchev–Trinajstić information content (AvgIpc) is 2.49. The number of rotatable bonds is 6. The fourth-order valence-corrected chi connectivity index (χ4v) is 3.87. The number of carbonyl (C=O) groups excluding carboxylic acids is 1. The maximum absolute atomic E-state index is 12.5. The lowest BCUT2D eigenvalue weighted by Crippen LogP contribution is -2.11. The predicted octanol–water partition coefficient (Wildman–Crippen LogP) is 5.62. The molecule has 2 atom stereocenters. The minimum absolute atomic E-state index is 0.0235. The first-order valence-electron chi connectivity index (χ1n) is 7.45. The van der Waals surface area contributed by atoms with Crippen LogP contribution >= 0.6 is 31.8 Å². The molecule has 0 aliphatic heterocycles. The molecule has 0 fully saturated rings. The molecule has 0 N–H and O–H groups in total. The summed E-state index contributed by atoms with van der Waals surface area (Å²) in [6.07, 6.45) is 1.12. The van der Waals surface area contributed by atoms with Gasteiger partial charge in [0.2, 0.25) is 0 Å². The molecule has 2 rings (SSSR count). The second-order valence-corrected chi connectivity index (χ2v) is 7.42. The predicted molar refractivity (Wildman–Crippen MR) is 100 cm³/mol. The highest BCUT2D eigenvalue weighted by atomic mass is 35.5. The standard InChI is InChI=1S/C18H19Cl2O2P/c1-4-12(3)22-13-8-9-16(11(2)10-13)23-18(21)17-14(19)6-5-7-15(17)20/h5-10,12,23H,4H2,1-3H3. The van der Waals surface area contributed by atoms with Crippen molar-refractivity contribution in [1.82, 2.24) is 0 Å². The first kappa shape index (κ1) is 18.3. The van der Waals surface area contributed by atoms with E-state index in [0.717, 1.165) is 23.0 Å². The van der Waals surface area contributed by atoms with Gasteiger partial charge in [-0.15, -0.1) is 0 Å². The Morgan fingerprint density at radius 3 is 2.43 bits per heavy atom. The maximum Gasteiger partial charge on any atom is 0.188 e. The molecular formula is C18H19Cl2O2P. The summed E-state index contributed by atoms with van der Waals surface area (Å²) in [6.45, 7) is 6.10. The van der Waals surface area contributed by atoms with Gasteiger partial charge in [0.05, 0.1) is 21.7 Å². The van der Waals surface area contributed by atoms with Gasteiger partial charge in [-0.05, 0) is 64.0 Å². The van der Waals surface area contributed by atoms with Crippen molar-refractivity contribution in [1.29, 1.82) is 0 Å². The summed E-state index contributed by atoms with van der Waals surface area (Å²) < 4.78 is 5.80. The van der Waals surface area contributed by atoms with Crippen molar-refractivity contribution in [2.75, 3.05) is 0 Å². The molecular weight excluding hydrogens is 350 g/mol. The van der Waals surface area contributed by atoms with Gasteiger partial charge in [-0.1, -0.05) is 42.3 Å². The van der Waals surface area contributed by atoms with E-state index in [-0.39, 0.29) is 20.2 Å². The summed E-state index contributed by atoms with van der Waals surface area (Å²) in [5, 5.41) is 1.76. The summed E-state index contributed by atoms with van der Waals surface area (Å²) >= 11 is 12.2. The molecule has 0 radical (unpaired) electrons. The quantitative estimate of drug-likeness (QED) is 0.618. The monoisotopic (exact) mass is 368 g/mol. The lowest BCUT2D eigenvalue weighted by Gasteiger charge is -2.14. The minimum Gasteiger partial charge on any atom is -0.491 e. The van der Waals surface area contributed by atoms with Crippen molar-refractivity contribution in [3.63, 3.8) is 0 Å². The van der Waals surface area contributed by atoms with Crippen molar-refractivity contribution < 1.29 is 9.53 Å². The summed E-state index contributed by atoms with van der Waals surface area (Å²) in [4.78, 5) is 12.5. The zero-order valence-corrected chi connectivity index (χ0v) is 15.8. The molecule has 2 aromatic carbocycles. The van der Waals surface area contributed by atoms with Crippen LogP contribution in [0.1, 0.15) is 36.2 Å². The molecule has 0 amide bonds. The van der Waals surface area contributed by atoms with E-state index in [1.807, 2.05) is 32.0 Å². The summed E-state index contributed by atoms with van der Waals surface area (Å²) in [5.74, 6) is 0.827. The van der Waals surface area contributed by atoms with Crippen LogP contribution in [0.25, 0.3) is 0 Å². The van der Waals surface area contributed by atoms with Gasteiger partial charge in [0.1, 0.15) is 5.75 Å². The fourth-order valence-electron chi connectivity index (χ4n) is 2.06. The first-order valence-corrected chi connectivity index (χ1v) is 9.20. The number of ether oxygens (including phenoxy) is 1. The second kappa shape index (κ2) is 8.15. The van der Waals surface area contributed by atoms with E-state index in [1.165, 1.54) is 0 Å². The maximum atomic E-state index is 12.5. The van der Waals surface area contributed by atoms with Crippen LogP contribution in [0.5, 0.6) is 5.75 Å². The Morgan fingerprint density at radius 1 is 1.22 bits per heavy atom. The Bertz CT molecular complexity index is 696. The number of hydrogen-bond acceptors (Lipinski definition) is 2. The molecule has 0 aliphatic carbocycles. The van der Waals surface area contributed by atoms with Gasteiger partial charge in [0, 0.05) is 0 Å². The molecule has 0 spiro atoms. The number of halogens is 2. The molecule has 0 aliphatic rings. The van der Waals surface area contributed by atoms with Crippen LogP contribution in [0.2, 0.25) is 10.0 Å². The van der Waals surface area contributed by atoms with Gasteiger partial charge in [0.15, 0.2) is 5.52 Å². The van der Waals surface area contributed by atoms with Gasteiger partial charge in [-0.2, -0.15) is 0 Å². The molecule has 0 saturated heterocycles. The first-order chi connectivity index (χ1) is 10.9. The van der Waals surface area contributed by atoms with Gasteiger partial charge < -0.3 is 4.74 Å². The van der Waals surface area contributed by atoms with Gasteiger partial charge in [-0.3, -0.25) is 4.79 Å². The van der Waals surface area contributed by atoms with Crippen LogP contribution in [0.3, 0.4) is 0 Å². The second-order valence-electron chi connectivity index (χ2n) is 5.36. The van der Waals surface area contributed by atoms with Crippen LogP contribution in [0, 0.1) is 6.92 Å². The molecule has 2 unspecified atom stereocenters. The van der Waals surface area contributed by atoms with E-state index in [4.69, 9.17) is 27.9 Å². The third-order valence-electron chi connectivity index (χ3n) is 3.55.